The summed E-state index contributed by atoms with van der Waals surface area (Å²) in [6, 6.07) is 4.00. The quantitative estimate of drug-likeness (QED) is 0.731. The van der Waals surface area contributed by atoms with Crippen molar-refractivity contribution >= 4 is 39.0 Å². The van der Waals surface area contributed by atoms with Crippen LogP contribution in [0.25, 0.3) is 10.1 Å². The third-order valence-corrected chi connectivity index (χ3v) is 3.67. The highest BCUT2D eigenvalue weighted by atomic mass is 35.5. The molecular formula is C11H6ClF3O2S. The number of alkyl halides is 3. The topological polar surface area (TPSA) is 26.3 Å². The average Bonchev–Trinajstić information content (AvgIpc) is 2.65. The van der Waals surface area contributed by atoms with Gasteiger partial charge in [0.1, 0.15) is 4.88 Å². The summed E-state index contributed by atoms with van der Waals surface area (Å²) in [7, 11) is 1.04. The zero-order valence-electron chi connectivity index (χ0n) is 8.97. The second kappa shape index (κ2) is 4.44. The summed E-state index contributed by atoms with van der Waals surface area (Å²) in [5, 5.41) is 0.270. The van der Waals surface area contributed by atoms with Gasteiger partial charge in [0, 0.05) is 15.1 Å². The van der Waals surface area contributed by atoms with E-state index in [1.807, 2.05) is 0 Å². The summed E-state index contributed by atoms with van der Waals surface area (Å²) < 4.78 is 43.6. The zero-order valence-corrected chi connectivity index (χ0v) is 10.5. The van der Waals surface area contributed by atoms with Gasteiger partial charge in [-0.2, -0.15) is 13.2 Å². The molecule has 0 N–H and O–H groups in total. The lowest BCUT2D eigenvalue weighted by Gasteiger charge is -2.07. The lowest BCUT2D eigenvalue weighted by molar-refractivity contribution is -0.136. The second-order valence-electron chi connectivity index (χ2n) is 3.44. The Kier molecular flexibility index (Phi) is 3.25. The standard InChI is InChI=1S/C11H6ClF3O2S/c1-17-10(16)9-8(11(13,14)15)6-3-2-5(12)4-7(6)18-9/h2-4H,1H3. The Bertz CT molecular complexity index is 619. The number of benzene rings is 1. The number of halogens is 4. The van der Waals surface area contributed by atoms with Crippen LogP contribution in [0.1, 0.15) is 15.2 Å². The zero-order chi connectivity index (χ0) is 13.5. The van der Waals surface area contributed by atoms with Crippen molar-refractivity contribution in [3.05, 3.63) is 33.7 Å². The molecule has 0 atom stereocenters. The lowest BCUT2D eigenvalue weighted by Crippen LogP contribution is -2.11. The number of thiophene rings is 1. The molecule has 1 heterocycles. The monoisotopic (exact) mass is 294 g/mol. The summed E-state index contributed by atoms with van der Waals surface area (Å²) in [6.45, 7) is 0. The maximum atomic E-state index is 13.0. The number of hydrogen-bond acceptors (Lipinski definition) is 3. The highest BCUT2D eigenvalue weighted by Gasteiger charge is 2.39. The van der Waals surface area contributed by atoms with E-state index in [4.69, 9.17) is 11.6 Å². The smallest absolute Gasteiger partial charge is 0.418 e. The van der Waals surface area contributed by atoms with Gasteiger partial charge in [-0.1, -0.05) is 17.7 Å². The van der Waals surface area contributed by atoms with Gasteiger partial charge in [0.25, 0.3) is 0 Å². The van der Waals surface area contributed by atoms with Crippen molar-refractivity contribution in [1.82, 2.24) is 0 Å². The molecule has 18 heavy (non-hydrogen) atoms. The van der Waals surface area contributed by atoms with Gasteiger partial charge >= 0.3 is 12.1 Å². The molecule has 2 aromatic rings. The van der Waals surface area contributed by atoms with Gasteiger partial charge in [0.15, 0.2) is 0 Å². The van der Waals surface area contributed by atoms with Crippen LogP contribution < -0.4 is 0 Å². The normalized spacial score (nSPS) is 11.8. The van der Waals surface area contributed by atoms with Crippen molar-refractivity contribution in [2.75, 3.05) is 7.11 Å². The van der Waals surface area contributed by atoms with Crippen molar-refractivity contribution in [1.29, 1.82) is 0 Å². The fourth-order valence-corrected chi connectivity index (χ4v) is 3.01. The van der Waals surface area contributed by atoms with Gasteiger partial charge in [-0.3, -0.25) is 0 Å². The van der Waals surface area contributed by atoms with E-state index in [1.165, 1.54) is 18.2 Å². The van der Waals surface area contributed by atoms with Crippen molar-refractivity contribution in [3.63, 3.8) is 0 Å². The van der Waals surface area contributed by atoms with Gasteiger partial charge in [0.2, 0.25) is 0 Å². The summed E-state index contributed by atoms with van der Waals surface area (Å²) >= 11 is 6.44. The van der Waals surface area contributed by atoms with E-state index in [1.54, 1.807) is 0 Å². The molecule has 1 aromatic carbocycles. The van der Waals surface area contributed by atoms with Crippen molar-refractivity contribution in [2.24, 2.45) is 0 Å². The van der Waals surface area contributed by atoms with Crippen LogP contribution in [0.4, 0.5) is 13.2 Å². The number of rotatable bonds is 1. The van der Waals surface area contributed by atoms with Gasteiger partial charge in [-0.15, -0.1) is 11.3 Å². The van der Waals surface area contributed by atoms with Crippen LogP contribution in [-0.4, -0.2) is 13.1 Å². The van der Waals surface area contributed by atoms with Crippen molar-refractivity contribution in [2.45, 2.75) is 6.18 Å². The minimum absolute atomic E-state index is 0.0442. The first kappa shape index (κ1) is 13.2. The van der Waals surface area contributed by atoms with Crippen LogP contribution >= 0.6 is 22.9 Å². The van der Waals surface area contributed by atoms with E-state index in [9.17, 15) is 18.0 Å². The van der Waals surface area contributed by atoms with Gasteiger partial charge in [0.05, 0.1) is 12.7 Å². The van der Waals surface area contributed by atoms with Crippen LogP contribution in [0, 0.1) is 0 Å². The van der Waals surface area contributed by atoms with Crippen molar-refractivity contribution in [3.8, 4) is 0 Å². The third kappa shape index (κ3) is 2.18. The molecule has 0 aliphatic rings. The van der Waals surface area contributed by atoms with E-state index < -0.39 is 22.6 Å². The summed E-state index contributed by atoms with van der Waals surface area (Å²) in [4.78, 5) is 10.9. The number of carbonyl (C=O) groups excluding carboxylic acids is 1. The molecule has 2 nitrogen and oxygen atoms in total. The molecule has 2 rings (SSSR count). The van der Waals surface area contributed by atoms with E-state index in [0.29, 0.717) is 9.72 Å². The largest absolute Gasteiger partial charge is 0.465 e. The van der Waals surface area contributed by atoms with E-state index in [2.05, 4.69) is 4.74 Å². The molecule has 0 spiro atoms. The summed E-state index contributed by atoms with van der Waals surface area (Å²) in [5.74, 6) is -1.00. The van der Waals surface area contributed by atoms with Crippen LogP contribution in [0.5, 0.6) is 0 Å². The average molecular weight is 295 g/mol. The minimum atomic E-state index is -4.62. The molecule has 0 aliphatic heterocycles. The highest BCUT2D eigenvalue weighted by Crippen LogP contribution is 2.43. The van der Waals surface area contributed by atoms with E-state index in [0.717, 1.165) is 18.4 Å². The first-order valence-electron chi connectivity index (χ1n) is 4.72. The predicted molar refractivity (Wildman–Crippen MR) is 63.2 cm³/mol. The number of methoxy groups -OCH3 is 1. The predicted octanol–water partition coefficient (Wildman–Crippen LogP) is 4.36. The van der Waals surface area contributed by atoms with E-state index >= 15 is 0 Å². The third-order valence-electron chi connectivity index (χ3n) is 2.31. The molecule has 96 valence electrons. The number of ether oxygens (including phenoxy) is 1. The molecule has 0 unspecified atom stereocenters. The number of carbonyl (C=O) groups is 1. The maximum absolute atomic E-state index is 13.0. The molecule has 7 heteroatoms. The maximum Gasteiger partial charge on any atom is 0.418 e. The molecule has 1 aromatic heterocycles. The van der Waals surface area contributed by atoms with Gasteiger partial charge in [-0.05, 0) is 12.1 Å². The fourth-order valence-electron chi connectivity index (χ4n) is 1.59. The second-order valence-corrected chi connectivity index (χ2v) is 4.92. The SMILES string of the molecule is COC(=O)c1sc2cc(Cl)ccc2c1C(F)(F)F. The molecule has 0 fully saturated rings. The lowest BCUT2D eigenvalue weighted by atomic mass is 10.1. The Morgan fingerprint density at radius 2 is 2.06 bits per heavy atom. The minimum Gasteiger partial charge on any atom is -0.465 e. The van der Waals surface area contributed by atoms with Crippen LogP contribution in [0.15, 0.2) is 18.2 Å². The molecule has 0 radical (unpaired) electrons. The van der Waals surface area contributed by atoms with Crippen LogP contribution in [0.2, 0.25) is 5.02 Å². The summed E-state index contributed by atoms with van der Waals surface area (Å²) in [5.41, 5.74) is -0.967. The van der Waals surface area contributed by atoms with Crippen LogP contribution in [-0.2, 0) is 10.9 Å². The fraction of sp³-hybridized carbons (Fsp3) is 0.182. The molecule has 0 amide bonds. The van der Waals surface area contributed by atoms with E-state index in [-0.39, 0.29) is 5.39 Å². The Labute approximate surface area is 109 Å². The highest BCUT2D eigenvalue weighted by molar-refractivity contribution is 7.21. The molecule has 0 aliphatic carbocycles. The molecule has 0 saturated heterocycles. The van der Waals surface area contributed by atoms with Crippen LogP contribution in [0.3, 0.4) is 0 Å². The van der Waals surface area contributed by atoms with Gasteiger partial charge < -0.3 is 4.74 Å². The number of esters is 1. The first-order valence-corrected chi connectivity index (χ1v) is 5.91. The van der Waals surface area contributed by atoms with Gasteiger partial charge in [-0.25, -0.2) is 4.79 Å². The number of hydrogen-bond donors (Lipinski definition) is 0. The Balaban J connectivity index is 2.81. The molecular weight excluding hydrogens is 289 g/mol. The Morgan fingerprint density at radius 3 is 2.61 bits per heavy atom. The van der Waals surface area contributed by atoms with Crippen molar-refractivity contribution < 1.29 is 22.7 Å². The Morgan fingerprint density at radius 1 is 1.39 bits per heavy atom. The number of fused-ring (bicyclic) bond motifs is 1. The first-order chi connectivity index (χ1) is 8.34. The molecule has 0 saturated carbocycles. The Hall–Kier alpha value is -1.27. The molecule has 0 bridgehead atoms. The summed E-state index contributed by atoms with van der Waals surface area (Å²) in [6.07, 6.45) is -4.62.